The summed E-state index contributed by atoms with van der Waals surface area (Å²) in [5, 5.41) is 0.616. The van der Waals surface area contributed by atoms with Gasteiger partial charge in [-0.3, -0.25) is 4.79 Å². The maximum Gasteiger partial charge on any atom is 0.230 e. The summed E-state index contributed by atoms with van der Waals surface area (Å²) in [6.45, 7) is 4.95. The minimum Gasteiger partial charge on any atom is -0.369 e. The van der Waals surface area contributed by atoms with E-state index in [1.807, 2.05) is 25.1 Å². The largest absolute Gasteiger partial charge is 0.369 e. The maximum absolute atomic E-state index is 11.3. The van der Waals surface area contributed by atoms with Crippen molar-refractivity contribution >= 4 is 28.7 Å². The number of hydrogen-bond donors (Lipinski definition) is 1. The van der Waals surface area contributed by atoms with Crippen molar-refractivity contribution in [1.29, 1.82) is 0 Å². The van der Waals surface area contributed by atoms with Crippen molar-refractivity contribution in [3.05, 3.63) is 24.3 Å². The van der Waals surface area contributed by atoms with Crippen LogP contribution in [0.3, 0.4) is 0 Å². The van der Waals surface area contributed by atoms with Gasteiger partial charge in [0.25, 0.3) is 0 Å². The van der Waals surface area contributed by atoms with Crippen LogP contribution in [0.15, 0.2) is 29.4 Å². The summed E-state index contributed by atoms with van der Waals surface area (Å²) < 4.78 is 2.20. The zero-order valence-corrected chi connectivity index (χ0v) is 12.8. The number of nitrogens with zero attached hydrogens (tertiary/aromatic N) is 2. The van der Waals surface area contributed by atoms with Crippen LogP contribution >= 0.6 is 11.8 Å². The molecular formula is C15H21N3OS. The van der Waals surface area contributed by atoms with Gasteiger partial charge >= 0.3 is 0 Å². The normalized spacial score (nSPS) is 12.7. The number of para-hydroxylation sites is 2. The smallest absolute Gasteiger partial charge is 0.230 e. The fourth-order valence-corrected chi connectivity index (χ4v) is 3.00. The highest BCUT2D eigenvalue weighted by atomic mass is 32.2. The number of primary amides is 1. The fourth-order valence-electron chi connectivity index (χ4n) is 2.10. The number of unbranched alkanes of at least 4 members (excludes halogenated alkanes) is 2. The molecule has 1 heterocycles. The lowest BCUT2D eigenvalue weighted by Gasteiger charge is -2.10. The average Bonchev–Trinajstić information content (AvgIpc) is 2.77. The van der Waals surface area contributed by atoms with Crippen LogP contribution in [0.1, 0.15) is 33.1 Å². The van der Waals surface area contributed by atoms with Gasteiger partial charge in [-0.1, -0.05) is 43.7 Å². The first-order valence-corrected chi connectivity index (χ1v) is 7.92. The van der Waals surface area contributed by atoms with Crippen LogP contribution < -0.4 is 5.73 Å². The second-order valence-corrected chi connectivity index (χ2v) is 6.21. The number of thioether (sulfide) groups is 1. The SMILES string of the molecule is CCCCCn1c(SC(C)C(N)=O)nc2ccccc21. The van der Waals surface area contributed by atoms with E-state index in [-0.39, 0.29) is 11.2 Å². The lowest BCUT2D eigenvalue weighted by molar-refractivity contribution is -0.117. The summed E-state index contributed by atoms with van der Waals surface area (Å²) in [5.41, 5.74) is 7.46. The number of amides is 1. The number of carbonyl (C=O) groups is 1. The molecule has 1 aromatic carbocycles. The molecule has 108 valence electrons. The van der Waals surface area contributed by atoms with Gasteiger partial charge in [-0.2, -0.15) is 0 Å². The van der Waals surface area contributed by atoms with Crippen LogP contribution in [0.25, 0.3) is 11.0 Å². The van der Waals surface area contributed by atoms with Gasteiger partial charge in [0, 0.05) is 6.54 Å². The Kier molecular flexibility index (Phi) is 5.06. The molecule has 0 fully saturated rings. The van der Waals surface area contributed by atoms with E-state index in [1.165, 1.54) is 24.6 Å². The maximum atomic E-state index is 11.3. The van der Waals surface area contributed by atoms with Crippen LogP contribution in [-0.2, 0) is 11.3 Å². The molecule has 0 aliphatic carbocycles. The molecule has 2 rings (SSSR count). The number of rotatable bonds is 7. The minimum absolute atomic E-state index is 0.267. The van der Waals surface area contributed by atoms with E-state index in [4.69, 9.17) is 5.73 Å². The van der Waals surface area contributed by atoms with E-state index in [0.29, 0.717) is 0 Å². The van der Waals surface area contributed by atoms with Gasteiger partial charge in [-0.15, -0.1) is 0 Å². The van der Waals surface area contributed by atoms with E-state index >= 15 is 0 Å². The number of aromatic nitrogens is 2. The van der Waals surface area contributed by atoms with Crippen LogP contribution in [0.4, 0.5) is 0 Å². The Morgan fingerprint density at radius 2 is 2.15 bits per heavy atom. The van der Waals surface area contributed by atoms with Gasteiger partial charge in [-0.05, 0) is 25.5 Å². The molecule has 0 saturated heterocycles. The van der Waals surface area contributed by atoms with Gasteiger partial charge in [0.15, 0.2) is 5.16 Å². The highest BCUT2D eigenvalue weighted by Crippen LogP contribution is 2.27. The first kappa shape index (κ1) is 14.9. The molecule has 20 heavy (non-hydrogen) atoms. The Labute approximate surface area is 123 Å². The molecule has 1 amide bonds. The summed E-state index contributed by atoms with van der Waals surface area (Å²) in [6, 6.07) is 8.09. The Morgan fingerprint density at radius 1 is 1.40 bits per heavy atom. The van der Waals surface area contributed by atoms with Crippen molar-refractivity contribution in [1.82, 2.24) is 9.55 Å². The summed E-state index contributed by atoms with van der Waals surface area (Å²) in [7, 11) is 0. The number of hydrogen-bond acceptors (Lipinski definition) is 3. The molecule has 1 atom stereocenters. The van der Waals surface area contributed by atoms with Crippen molar-refractivity contribution in [2.45, 2.75) is 50.1 Å². The quantitative estimate of drug-likeness (QED) is 0.629. The third-order valence-electron chi connectivity index (χ3n) is 3.29. The molecule has 2 N–H and O–H groups in total. The number of fused-ring (bicyclic) bond motifs is 1. The van der Waals surface area contributed by atoms with Gasteiger partial charge in [0.1, 0.15) is 0 Å². The van der Waals surface area contributed by atoms with E-state index < -0.39 is 0 Å². The van der Waals surface area contributed by atoms with Gasteiger partial charge < -0.3 is 10.3 Å². The first-order valence-electron chi connectivity index (χ1n) is 7.04. The number of nitrogens with two attached hydrogens (primary N) is 1. The second-order valence-electron chi connectivity index (χ2n) is 4.90. The minimum atomic E-state index is -0.304. The second kappa shape index (κ2) is 6.79. The predicted molar refractivity (Wildman–Crippen MR) is 83.8 cm³/mol. The predicted octanol–water partition coefficient (Wildman–Crippen LogP) is 3.19. The summed E-state index contributed by atoms with van der Waals surface area (Å²) in [5.74, 6) is -0.304. The molecule has 5 heteroatoms. The number of aryl methyl sites for hydroxylation is 1. The van der Waals surface area contributed by atoms with Crippen LogP contribution in [0.2, 0.25) is 0 Å². The molecule has 0 aliphatic rings. The molecule has 0 bridgehead atoms. The third kappa shape index (κ3) is 3.33. The van der Waals surface area contributed by atoms with Gasteiger partial charge in [-0.25, -0.2) is 4.98 Å². The Balaban J connectivity index is 2.30. The van der Waals surface area contributed by atoms with Crippen LogP contribution in [0, 0.1) is 0 Å². The fraction of sp³-hybridized carbons (Fsp3) is 0.467. The highest BCUT2D eigenvalue weighted by Gasteiger charge is 2.17. The highest BCUT2D eigenvalue weighted by molar-refractivity contribution is 8.00. The third-order valence-corrected chi connectivity index (χ3v) is 4.40. The van der Waals surface area contributed by atoms with Gasteiger partial charge in [0.2, 0.25) is 5.91 Å². The number of imidazole rings is 1. The van der Waals surface area contributed by atoms with Crippen LogP contribution in [0.5, 0.6) is 0 Å². The Hall–Kier alpha value is -1.49. The number of benzene rings is 1. The Morgan fingerprint density at radius 3 is 2.85 bits per heavy atom. The van der Waals surface area contributed by atoms with Crippen LogP contribution in [-0.4, -0.2) is 20.7 Å². The van der Waals surface area contributed by atoms with Crippen molar-refractivity contribution in [2.24, 2.45) is 5.73 Å². The molecule has 0 saturated carbocycles. The summed E-state index contributed by atoms with van der Waals surface area (Å²) in [4.78, 5) is 15.9. The standard InChI is InChI=1S/C15H21N3OS/c1-3-4-7-10-18-13-9-6-5-8-12(13)17-15(18)20-11(2)14(16)19/h5-6,8-9,11H,3-4,7,10H2,1-2H3,(H2,16,19). The molecule has 2 aromatic rings. The zero-order valence-electron chi connectivity index (χ0n) is 12.0. The number of carbonyl (C=O) groups excluding carboxylic acids is 1. The first-order chi connectivity index (χ1) is 9.63. The summed E-state index contributed by atoms with van der Waals surface area (Å²) in [6.07, 6.45) is 3.50. The van der Waals surface area contributed by atoms with Gasteiger partial charge in [0.05, 0.1) is 16.3 Å². The van der Waals surface area contributed by atoms with Crippen molar-refractivity contribution in [2.75, 3.05) is 0 Å². The molecule has 1 unspecified atom stereocenters. The lowest BCUT2D eigenvalue weighted by atomic mass is 10.2. The zero-order chi connectivity index (χ0) is 14.5. The van der Waals surface area contributed by atoms with E-state index in [2.05, 4.69) is 22.5 Å². The molecular weight excluding hydrogens is 270 g/mol. The van der Waals surface area contributed by atoms with Crippen molar-refractivity contribution in [3.8, 4) is 0 Å². The molecule has 4 nitrogen and oxygen atoms in total. The molecule has 0 radical (unpaired) electrons. The van der Waals surface area contributed by atoms with E-state index in [1.54, 1.807) is 0 Å². The molecule has 0 spiro atoms. The Bertz CT molecular complexity index is 594. The van der Waals surface area contributed by atoms with E-state index in [0.717, 1.165) is 29.2 Å². The lowest BCUT2D eigenvalue weighted by Crippen LogP contribution is -2.23. The molecule has 1 aromatic heterocycles. The monoisotopic (exact) mass is 291 g/mol. The topological polar surface area (TPSA) is 60.9 Å². The van der Waals surface area contributed by atoms with E-state index in [9.17, 15) is 4.79 Å². The molecule has 0 aliphatic heterocycles. The van der Waals surface area contributed by atoms with Crippen molar-refractivity contribution < 1.29 is 4.79 Å². The summed E-state index contributed by atoms with van der Waals surface area (Å²) >= 11 is 1.44. The van der Waals surface area contributed by atoms with Crippen molar-refractivity contribution in [3.63, 3.8) is 0 Å². The average molecular weight is 291 g/mol.